The summed E-state index contributed by atoms with van der Waals surface area (Å²) in [5, 5.41) is 4.87. The number of hydrogen-bond donors (Lipinski definition) is 1. The molecule has 0 atom stereocenters. The van der Waals surface area contributed by atoms with Gasteiger partial charge in [-0.15, -0.1) is 11.3 Å². The van der Waals surface area contributed by atoms with E-state index in [1.54, 1.807) is 0 Å². The van der Waals surface area contributed by atoms with E-state index in [4.69, 9.17) is 0 Å². The van der Waals surface area contributed by atoms with Gasteiger partial charge in [0.05, 0.1) is 0 Å². The minimum absolute atomic E-state index is 1.10. The molecule has 0 aliphatic heterocycles. The Balaban J connectivity index is 1.85. The van der Waals surface area contributed by atoms with Crippen LogP contribution in [0.4, 0.5) is 0 Å². The number of nitrogens with one attached hydrogen (secondary N) is 1. The van der Waals surface area contributed by atoms with E-state index in [9.17, 15) is 0 Å². The molecule has 2 aromatic rings. The fourth-order valence-electron chi connectivity index (χ4n) is 1.80. The van der Waals surface area contributed by atoms with Crippen LogP contribution in [-0.4, -0.2) is 13.1 Å². The number of benzene rings is 1. The molecule has 0 unspecified atom stereocenters. The third kappa shape index (κ3) is 3.06. The molecule has 0 aliphatic carbocycles. The summed E-state index contributed by atoms with van der Waals surface area (Å²) in [6.07, 6.45) is 3.71. The number of thiophene rings is 1. The van der Waals surface area contributed by atoms with Crippen molar-refractivity contribution in [2.24, 2.45) is 0 Å². The molecule has 0 spiro atoms. The molecule has 0 saturated carbocycles. The van der Waals surface area contributed by atoms with Crippen molar-refractivity contribution >= 4 is 21.4 Å². The molecule has 0 fully saturated rings. The average molecular weight is 233 g/mol. The molecular weight excluding hydrogens is 214 g/mol. The Morgan fingerprint density at radius 2 is 2.06 bits per heavy atom. The number of unbranched alkanes of at least 4 members (excludes halogenated alkanes) is 1. The Bertz CT molecular complexity index is 400. The van der Waals surface area contributed by atoms with Gasteiger partial charge in [-0.3, -0.25) is 0 Å². The van der Waals surface area contributed by atoms with E-state index in [0.717, 1.165) is 19.5 Å². The van der Waals surface area contributed by atoms with Crippen LogP contribution in [0.5, 0.6) is 0 Å². The Morgan fingerprint density at radius 1 is 1.19 bits per heavy atom. The predicted molar refractivity (Wildman–Crippen MR) is 73.3 cm³/mol. The van der Waals surface area contributed by atoms with E-state index in [-0.39, 0.29) is 0 Å². The van der Waals surface area contributed by atoms with Gasteiger partial charge in [0.25, 0.3) is 0 Å². The van der Waals surface area contributed by atoms with Gasteiger partial charge >= 0.3 is 0 Å². The standard InChI is InChI=1S/C14H19NS/c1-2-3-9-15-10-8-13-11-12-6-4-5-7-14(12)16-13/h4-7,11,15H,2-3,8-10H2,1H3. The first-order chi connectivity index (χ1) is 7.90. The molecular formula is C14H19NS. The van der Waals surface area contributed by atoms with Crippen molar-refractivity contribution in [1.29, 1.82) is 0 Å². The number of fused-ring (bicyclic) bond motifs is 1. The molecule has 0 aliphatic rings. The zero-order valence-electron chi connectivity index (χ0n) is 9.83. The van der Waals surface area contributed by atoms with Crippen LogP contribution in [0.3, 0.4) is 0 Å². The first-order valence-corrected chi connectivity index (χ1v) is 6.90. The minimum atomic E-state index is 1.10. The number of rotatable bonds is 6. The molecule has 1 heterocycles. The lowest BCUT2D eigenvalue weighted by Crippen LogP contribution is -2.17. The Hall–Kier alpha value is -0.860. The molecule has 1 N–H and O–H groups in total. The second-order valence-corrected chi connectivity index (χ2v) is 5.27. The van der Waals surface area contributed by atoms with Crippen molar-refractivity contribution in [3.05, 3.63) is 35.2 Å². The lowest BCUT2D eigenvalue weighted by atomic mass is 10.2. The van der Waals surface area contributed by atoms with Crippen LogP contribution in [-0.2, 0) is 6.42 Å². The van der Waals surface area contributed by atoms with Gasteiger partial charge in [-0.2, -0.15) is 0 Å². The number of hydrogen-bond acceptors (Lipinski definition) is 2. The van der Waals surface area contributed by atoms with Crippen LogP contribution in [0, 0.1) is 0 Å². The average Bonchev–Trinajstić information content (AvgIpc) is 2.71. The van der Waals surface area contributed by atoms with Crippen LogP contribution >= 0.6 is 11.3 Å². The Kier molecular flexibility index (Phi) is 4.37. The van der Waals surface area contributed by atoms with E-state index in [0.29, 0.717) is 0 Å². The predicted octanol–water partition coefficient (Wildman–Crippen LogP) is 3.83. The summed E-state index contributed by atoms with van der Waals surface area (Å²) in [6, 6.07) is 10.9. The normalized spacial score (nSPS) is 11.1. The lowest BCUT2D eigenvalue weighted by Gasteiger charge is -2.01. The molecule has 0 amide bonds. The maximum Gasteiger partial charge on any atom is 0.0345 e. The smallest absolute Gasteiger partial charge is 0.0345 e. The van der Waals surface area contributed by atoms with Crippen molar-refractivity contribution in [2.75, 3.05) is 13.1 Å². The molecule has 2 heteroatoms. The second kappa shape index (κ2) is 6.02. The van der Waals surface area contributed by atoms with Crippen LogP contribution in [0.1, 0.15) is 24.6 Å². The van der Waals surface area contributed by atoms with Gasteiger partial charge < -0.3 is 5.32 Å². The largest absolute Gasteiger partial charge is 0.316 e. The van der Waals surface area contributed by atoms with Gasteiger partial charge in [-0.1, -0.05) is 31.5 Å². The van der Waals surface area contributed by atoms with Crippen molar-refractivity contribution < 1.29 is 0 Å². The van der Waals surface area contributed by atoms with Crippen molar-refractivity contribution in [2.45, 2.75) is 26.2 Å². The fourth-order valence-corrected chi connectivity index (χ4v) is 2.86. The lowest BCUT2D eigenvalue weighted by molar-refractivity contribution is 0.642. The summed E-state index contributed by atoms with van der Waals surface area (Å²) < 4.78 is 1.41. The highest BCUT2D eigenvalue weighted by atomic mass is 32.1. The topological polar surface area (TPSA) is 12.0 Å². The third-order valence-electron chi connectivity index (χ3n) is 2.73. The summed E-state index contributed by atoms with van der Waals surface area (Å²) >= 11 is 1.92. The molecule has 1 aromatic heterocycles. The van der Waals surface area contributed by atoms with Crippen molar-refractivity contribution in [1.82, 2.24) is 5.32 Å². The maximum absolute atomic E-state index is 3.49. The highest BCUT2D eigenvalue weighted by Crippen LogP contribution is 2.25. The van der Waals surface area contributed by atoms with E-state index >= 15 is 0 Å². The molecule has 0 saturated heterocycles. The van der Waals surface area contributed by atoms with Gasteiger partial charge in [-0.25, -0.2) is 0 Å². The maximum atomic E-state index is 3.49. The minimum Gasteiger partial charge on any atom is -0.316 e. The molecule has 1 nitrogen and oxygen atoms in total. The van der Waals surface area contributed by atoms with Crippen LogP contribution in [0.15, 0.2) is 30.3 Å². The summed E-state index contributed by atoms with van der Waals surface area (Å²) in [7, 11) is 0. The summed E-state index contributed by atoms with van der Waals surface area (Å²) in [6.45, 7) is 4.49. The van der Waals surface area contributed by atoms with E-state index < -0.39 is 0 Å². The SMILES string of the molecule is CCCCNCCc1cc2ccccc2s1. The van der Waals surface area contributed by atoms with E-state index in [1.807, 2.05) is 11.3 Å². The van der Waals surface area contributed by atoms with Gasteiger partial charge in [0.2, 0.25) is 0 Å². The van der Waals surface area contributed by atoms with Gasteiger partial charge in [0.15, 0.2) is 0 Å². The van der Waals surface area contributed by atoms with Crippen molar-refractivity contribution in [3.8, 4) is 0 Å². The Labute approximate surface area is 101 Å². The summed E-state index contributed by atoms with van der Waals surface area (Å²) in [5.74, 6) is 0. The van der Waals surface area contributed by atoms with Crippen LogP contribution in [0.2, 0.25) is 0 Å². The van der Waals surface area contributed by atoms with Gasteiger partial charge in [-0.05, 0) is 43.5 Å². The molecule has 2 rings (SSSR count). The van der Waals surface area contributed by atoms with E-state index in [2.05, 4.69) is 42.6 Å². The first-order valence-electron chi connectivity index (χ1n) is 6.08. The van der Waals surface area contributed by atoms with Crippen molar-refractivity contribution in [3.63, 3.8) is 0 Å². The monoisotopic (exact) mass is 233 g/mol. The fraction of sp³-hybridized carbons (Fsp3) is 0.429. The van der Waals surface area contributed by atoms with Gasteiger partial charge in [0, 0.05) is 9.58 Å². The third-order valence-corrected chi connectivity index (χ3v) is 3.91. The summed E-state index contributed by atoms with van der Waals surface area (Å²) in [4.78, 5) is 1.49. The molecule has 1 aromatic carbocycles. The van der Waals surface area contributed by atoms with Crippen LogP contribution in [0.25, 0.3) is 10.1 Å². The highest BCUT2D eigenvalue weighted by Gasteiger charge is 2.00. The summed E-state index contributed by atoms with van der Waals surface area (Å²) in [5.41, 5.74) is 0. The molecule has 0 radical (unpaired) electrons. The first kappa shape index (κ1) is 11.6. The Morgan fingerprint density at radius 3 is 2.88 bits per heavy atom. The molecule has 86 valence electrons. The highest BCUT2D eigenvalue weighted by molar-refractivity contribution is 7.19. The molecule has 16 heavy (non-hydrogen) atoms. The van der Waals surface area contributed by atoms with Gasteiger partial charge in [0.1, 0.15) is 0 Å². The zero-order valence-corrected chi connectivity index (χ0v) is 10.6. The zero-order chi connectivity index (χ0) is 11.2. The second-order valence-electron chi connectivity index (χ2n) is 4.10. The quantitative estimate of drug-likeness (QED) is 0.748. The van der Waals surface area contributed by atoms with E-state index in [1.165, 1.54) is 27.8 Å². The van der Waals surface area contributed by atoms with Crippen LogP contribution < -0.4 is 5.32 Å². The molecule has 0 bridgehead atoms.